The van der Waals surface area contributed by atoms with E-state index in [4.69, 9.17) is 9.47 Å². The van der Waals surface area contributed by atoms with E-state index in [9.17, 15) is 18.0 Å². The molecule has 1 aliphatic rings. The molecule has 7 heteroatoms. The molecule has 0 radical (unpaired) electrons. The summed E-state index contributed by atoms with van der Waals surface area (Å²) >= 11 is 0. The van der Waals surface area contributed by atoms with Crippen LogP contribution in [0.3, 0.4) is 0 Å². The van der Waals surface area contributed by atoms with Gasteiger partial charge in [-0.25, -0.2) is 0 Å². The van der Waals surface area contributed by atoms with Crippen LogP contribution >= 0.6 is 0 Å². The van der Waals surface area contributed by atoms with Crippen molar-refractivity contribution in [3.63, 3.8) is 0 Å². The molecule has 1 fully saturated rings. The van der Waals surface area contributed by atoms with Crippen LogP contribution in [0, 0.1) is 0 Å². The lowest BCUT2D eigenvalue weighted by molar-refractivity contribution is -0.137. The summed E-state index contributed by atoms with van der Waals surface area (Å²) < 4.78 is 48.8. The van der Waals surface area contributed by atoms with Crippen LogP contribution in [0.5, 0.6) is 11.5 Å². The normalized spacial score (nSPS) is 17.0. The summed E-state index contributed by atoms with van der Waals surface area (Å²) in [4.78, 5) is 14.3. The number of methoxy groups -OCH3 is 1. The fourth-order valence-electron chi connectivity index (χ4n) is 3.23. The first-order chi connectivity index (χ1) is 12.9. The summed E-state index contributed by atoms with van der Waals surface area (Å²) in [6.45, 7) is 0.301. The van der Waals surface area contributed by atoms with E-state index < -0.39 is 11.7 Å². The van der Waals surface area contributed by atoms with Gasteiger partial charge in [0.1, 0.15) is 11.5 Å². The predicted molar refractivity (Wildman–Crippen MR) is 93.6 cm³/mol. The van der Waals surface area contributed by atoms with E-state index in [2.05, 4.69) is 0 Å². The number of halogens is 3. The second-order valence-electron chi connectivity index (χ2n) is 6.33. The second kappa shape index (κ2) is 7.90. The molecule has 4 nitrogen and oxygen atoms in total. The van der Waals surface area contributed by atoms with Gasteiger partial charge in [0.05, 0.1) is 18.7 Å². The number of amides is 1. The number of carbonyl (C=O) groups is 1. The first-order valence-corrected chi connectivity index (χ1v) is 8.62. The first kappa shape index (κ1) is 19.1. The maximum atomic E-state index is 12.8. The molecule has 1 saturated heterocycles. The number of ether oxygens (including phenoxy) is 2. The third-order valence-electron chi connectivity index (χ3n) is 4.60. The first-order valence-electron chi connectivity index (χ1n) is 8.62. The van der Waals surface area contributed by atoms with Crippen molar-refractivity contribution in [2.75, 3.05) is 20.3 Å². The maximum absolute atomic E-state index is 12.8. The summed E-state index contributed by atoms with van der Waals surface area (Å²) in [5.41, 5.74) is 0.199. The largest absolute Gasteiger partial charge is 0.497 e. The second-order valence-corrected chi connectivity index (χ2v) is 6.33. The minimum atomic E-state index is -4.45. The third kappa shape index (κ3) is 4.53. The van der Waals surface area contributed by atoms with E-state index in [1.54, 1.807) is 12.0 Å². The Morgan fingerprint density at radius 3 is 2.56 bits per heavy atom. The molecule has 144 valence electrons. The van der Waals surface area contributed by atoms with Crippen LogP contribution in [0.1, 0.15) is 30.0 Å². The fraction of sp³-hybridized carbons (Fsp3) is 0.350. The van der Waals surface area contributed by atoms with Crippen molar-refractivity contribution in [1.29, 1.82) is 0 Å². The summed E-state index contributed by atoms with van der Waals surface area (Å²) in [6.07, 6.45) is -2.74. The van der Waals surface area contributed by atoms with Crippen molar-refractivity contribution in [3.8, 4) is 11.5 Å². The molecule has 1 amide bonds. The molecule has 1 aliphatic heterocycles. The lowest BCUT2D eigenvalue weighted by atomic mass is 10.0. The van der Waals surface area contributed by atoms with Crippen LogP contribution in [0.15, 0.2) is 48.5 Å². The quantitative estimate of drug-likeness (QED) is 0.770. The highest BCUT2D eigenvalue weighted by Crippen LogP contribution is 2.33. The number of alkyl halides is 3. The Bertz CT molecular complexity index is 790. The number of hydrogen-bond donors (Lipinski definition) is 0. The van der Waals surface area contributed by atoms with E-state index in [-0.39, 0.29) is 24.3 Å². The standard InChI is InChI=1S/C20H20F3NO3/c1-26-16-9-7-14(8-10-16)18-6-3-11-24(18)19(25)13-27-17-5-2-4-15(12-17)20(21,22)23/h2,4-5,7-10,12,18H,3,6,11,13H2,1H3. The molecule has 0 bridgehead atoms. The highest BCUT2D eigenvalue weighted by atomic mass is 19.4. The molecule has 1 unspecified atom stereocenters. The van der Waals surface area contributed by atoms with Gasteiger partial charge in [-0.1, -0.05) is 18.2 Å². The SMILES string of the molecule is COc1ccc(C2CCCN2C(=O)COc2cccc(C(F)(F)F)c2)cc1. The van der Waals surface area contributed by atoms with Crippen molar-refractivity contribution < 1.29 is 27.4 Å². The lowest BCUT2D eigenvalue weighted by Crippen LogP contribution is -2.34. The van der Waals surface area contributed by atoms with Crippen molar-refractivity contribution in [1.82, 2.24) is 4.90 Å². The van der Waals surface area contributed by atoms with E-state index in [1.807, 2.05) is 24.3 Å². The molecular weight excluding hydrogens is 359 g/mol. The van der Waals surface area contributed by atoms with Gasteiger partial charge < -0.3 is 14.4 Å². The van der Waals surface area contributed by atoms with Gasteiger partial charge in [0.15, 0.2) is 6.61 Å². The molecular formula is C20H20F3NO3. The molecule has 1 atom stereocenters. The summed E-state index contributed by atoms with van der Waals surface area (Å²) in [5.74, 6) is 0.520. The topological polar surface area (TPSA) is 38.8 Å². The van der Waals surface area contributed by atoms with Crippen molar-refractivity contribution >= 4 is 5.91 Å². The molecule has 2 aromatic rings. The minimum Gasteiger partial charge on any atom is -0.497 e. The third-order valence-corrected chi connectivity index (χ3v) is 4.60. The average molecular weight is 379 g/mol. The molecule has 27 heavy (non-hydrogen) atoms. The zero-order valence-corrected chi connectivity index (χ0v) is 14.8. The number of hydrogen-bond acceptors (Lipinski definition) is 3. The Labute approximate surface area is 155 Å². The van der Waals surface area contributed by atoms with Gasteiger partial charge in [0, 0.05) is 6.54 Å². The molecule has 1 heterocycles. The van der Waals surface area contributed by atoms with Crippen molar-refractivity contribution in [3.05, 3.63) is 59.7 Å². The van der Waals surface area contributed by atoms with Gasteiger partial charge >= 0.3 is 6.18 Å². The molecule has 0 N–H and O–H groups in total. The highest BCUT2D eigenvalue weighted by Gasteiger charge is 2.32. The van der Waals surface area contributed by atoms with Gasteiger partial charge in [-0.2, -0.15) is 13.2 Å². The van der Waals surface area contributed by atoms with Crippen LogP contribution in [-0.2, 0) is 11.0 Å². The number of benzene rings is 2. The Balaban J connectivity index is 1.65. The zero-order chi connectivity index (χ0) is 19.4. The zero-order valence-electron chi connectivity index (χ0n) is 14.8. The number of rotatable bonds is 5. The Kier molecular flexibility index (Phi) is 5.58. The molecule has 0 aliphatic carbocycles. The number of likely N-dealkylation sites (tertiary alicyclic amines) is 1. The Morgan fingerprint density at radius 2 is 1.89 bits per heavy atom. The van der Waals surface area contributed by atoms with Crippen LogP contribution in [0.25, 0.3) is 0 Å². The monoisotopic (exact) mass is 379 g/mol. The molecule has 3 rings (SSSR count). The summed E-state index contributed by atoms with van der Waals surface area (Å²) in [5, 5.41) is 0. The van der Waals surface area contributed by atoms with Crippen LogP contribution < -0.4 is 9.47 Å². The summed E-state index contributed by atoms with van der Waals surface area (Å²) in [7, 11) is 1.59. The van der Waals surface area contributed by atoms with Gasteiger partial charge in [-0.3, -0.25) is 4.79 Å². The Morgan fingerprint density at radius 1 is 1.15 bits per heavy atom. The number of nitrogens with zero attached hydrogens (tertiary/aromatic N) is 1. The van der Waals surface area contributed by atoms with Crippen molar-refractivity contribution in [2.45, 2.75) is 25.1 Å². The van der Waals surface area contributed by atoms with Crippen LogP contribution in [0.4, 0.5) is 13.2 Å². The Hall–Kier alpha value is -2.70. The van der Waals surface area contributed by atoms with E-state index in [1.165, 1.54) is 12.1 Å². The van der Waals surface area contributed by atoms with Gasteiger partial charge in [-0.15, -0.1) is 0 Å². The van der Waals surface area contributed by atoms with Gasteiger partial charge in [0.25, 0.3) is 5.91 Å². The smallest absolute Gasteiger partial charge is 0.416 e. The average Bonchev–Trinajstić information content (AvgIpc) is 3.15. The lowest BCUT2D eigenvalue weighted by Gasteiger charge is -2.25. The van der Waals surface area contributed by atoms with Gasteiger partial charge in [0.2, 0.25) is 0 Å². The fourth-order valence-corrected chi connectivity index (χ4v) is 3.23. The maximum Gasteiger partial charge on any atom is 0.416 e. The number of carbonyl (C=O) groups excluding carboxylic acids is 1. The molecule has 2 aromatic carbocycles. The van der Waals surface area contributed by atoms with Crippen molar-refractivity contribution in [2.24, 2.45) is 0 Å². The molecule has 0 aromatic heterocycles. The van der Waals surface area contributed by atoms with E-state index in [0.29, 0.717) is 6.54 Å². The van der Waals surface area contributed by atoms with Crippen LogP contribution in [-0.4, -0.2) is 31.1 Å². The summed E-state index contributed by atoms with van der Waals surface area (Å²) in [6, 6.07) is 12.0. The predicted octanol–water partition coefficient (Wildman–Crippen LogP) is 4.46. The van der Waals surface area contributed by atoms with E-state index >= 15 is 0 Å². The highest BCUT2D eigenvalue weighted by molar-refractivity contribution is 5.78. The van der Waals surface area contributed by atoms with Gasteiger partial charge in [-0.05, 0) is 48.7 Å². The van der Waals surface area contributed by atoms with E-state index in [0.717, 1.165) is 36.3 Å². The van der Waals surface area contributed by atoms with Crippen LogP contribution in [0.2, 0.25) is 0 Å². The molecule has 0 spiro atoms. The minimum absolute atomic E-state index is 0.0263. The molecule has 0 saturated carbocycles.